The van der Waals surface area contributed by atoms with Crippen LogP contribution in [0.1, 0.15) is 38.8 Å². The first-order chi connectivity index (χ1) is 17.3. The number of nitrogens with zero attached hydrogens (tertiary/aromatic N) is 2. The number of hydrazone groups is 1. The average molecular weight is 484 g/mol. The molecular weight excluding hydrogens is 450 g/mol. The number of benzene rings is 3. The topological polar surface area (TPSA) is 99.8 Å². The summed E-state index contributed by atoms with van der Waals surface area (Å²) in [6, 6.07) is 23.0. The summed E-state index contributed by atoms with van der Waals surface area (Å²) < 4.78 is 0. The molecule has 36 heavy (non-hydrogen) atoms. The average Bonchev–Trinajstić information content (AvgIpc) is 3.16. The number of para-hydroxylation sites is 2. The van der Waals surface area contributed by atoms with E-state index >= 15 is 0 Å². The molecule has 1 heterocycles. The molecule has 0 aromatic heterocycles. The lowest BCUT2D eigenvalue weighted by Crippen LogP contribution is -2.22. The number of amides is 2. The molecule has 4 N–H and O–H groups in total. The number of hydrogen-bond donors (Lipinski definition) is 3. The number of nitrogen functional groups attached to an aromatic ring is 1. The maximum absolute atomic E-state index is 12.8. The maximum Gasteiger partial charge on any atom is 0.282 e. The minimum atomic E-state index is -0.214. The molecule has 0 atom stereocenters. The molecule has 0 radical (unpaired) electrons. The van der Waals surface area contributed by atoms with E-state index in [1.165, 1.54) is 23.1 Å². The Kier molecular flexibility index (Phi) is 9.00. The van der Waals surface area contributed by atoms with Gasteiger partial charge in [-0.25, -0.2) is 0 Å². The van der Waals surface area contributed by atoms with Gasteiger partial charge >= 0.3 is 0 Å². The smallest absolute Gasteiger partial charge is 0.282 e. The van der Waals surface area contributed by atoms with Gasteiger partial charge in [-0.2, -0.15) is 10.1 Å². The van der Waals surface area contributed by atoms with E-state index in [-0.39, 0.29) is 11.8 Å². The standard InChI is InChI=1S/C21H22N4O2.C8H11N/c1-4-16-8-5-6-11-20(16)22-13-19-14(2)24-25(21(19)27)18-10-7-9-17(12-18)23-15(3)26;1-2-7-5-3-4-6-8(7)9/h5-13,22H,4H2,1-3H3,(H,23,26);3-6H,2,9H2,1H3/b19-13+;. The Morgan fingerprint density at radius 3 is 2.28 bits per heavy atom. The van der Waals surface area contributed by atoms with Gasteiger partial charge in [0.05, 0.1) is 17.0 Å². The van der Waals surface area contributed by atoms with Gasteiger partial charge in [0, 0.05) is 30.2 Å². The van der Waals surface area contributed by atoms with Crippen molar-refractivity contribution in [3.05, 3.63) is 95.7 Å². The van der Waals surface area contributed by atoms with E-state index in [4.69, 9.17) is 5.73 Å². The highest BCUT2D eigenvalue weighted by molar-refractivity contribution is 6.29. The summed E-state index contributed by atoms with van der Waals surface area (Å²) in [6.07, 6.45) is 3.62. The number of aryl methyl sites for hydroxylation is 2. The number of anilines is 4. The number of nitrogens with two attached hydrogens (primary N) is 1. The van der Waals surface area contributed by atoms with Gasteiger partial charge in [-0.3, -0.25) is 9.59 Å². The van der Waals surface area contributed by atoms with Crippen LogP contribution in [0.5, 0.6) is 0 Å². The molecule has 0 fully saturated rings. The molecule has 1 aliphatic rings. The molecule has 1 aliphatic heterocycles. The molecule has 3 aromatic carbocycles. The van der Waals surface area contributed by atoms with E-state index < -0.39 is 0 Å². The zero-order valence-corrected chi connectivity index (χ0v) is 21.2. The van der Waals surface area contributed by atoms with Crippen molar-refractivity contribution in [3.63, 3.8) is 0 Å². The molecule has 2 amide bonds. The predicted octanol–water partition coefficient (Wildman–Crippen LogP) is 5.76. The normalized spacial score (nSPS) is 13.7. The highest BCUT2D eigenvalue weighted by Gasteiger charge is 2.29. The minimum Gasteiger partial charge on any atom is -0.399 e. The van der Waals surface area contributed by atoms with Gasteiger partial charge in [-0.15, -0.1) is 0 Å². The molecule has 0 saturated heterocycles. The summed E-state index contributed by atoms with van der Waals surface area (Å²) >= 11 is 0. The number of hydrogen-bond acceptors (Lipinski definition) is 5. The fourth-order valence-electron chi connectivity index (χ4n) is 3.75. The van der Waals surface area contributed by atoms with Crippen molar-refractivity contribution < 1.29 is 9.59 Å². The van der Waals surface area contributed by atoms with Crippen LogP contribution >= 0.6 is 0 Å². The van der Waals surface area contributed by atoms with Gasteiger partial charge < -0.3 is 16.4 Å². The third-order valence-electron chi connectivity index (χ3n) is 5.68. The van der Waals surface area contributed by atoms with Crippen LogP contribution in [0.3, 0.4) is 0 Å². The second-order valence-corrected chi connectivity index (χ2v) is 8.30. The summed E-state index contributed by atoms with van der Waals surface area (Å²) in [5.74, 6) is -0.382. The fraction of sp³-hybridized carbons (Fsp3) is 0.207. The Morgan fingerprint density at radius 1 is 0.972 bits per heavy atom. The predicted molar refractivity (Wildman–Crippen MR) is 149 cm³/mol. The van der Waals surface area contributed by atoms with Crippen LogP contribution in [-0.4, -0.2) is 17.5 Å². The van der Waals surface area contributed by atoms with Crippen LogP contribution in [0.4, 0.5) is 22.7 Å². The van der Waals surface area contributed by atoms with Gasteiger partial charge in [-0.05, 0) is 61.2 Å². The first-order valence-electron chi connectivity index (χ1n) is 12.0. The largest absolute Gasteiger partial charge is 0.399 e. The van der Waals surface area contributed by atoms with Crippen molar-refractivity contribution in [1.82, 2.24) is 0 Å². The first kappa shape index (κ1) is 26.2. The fourth-order valence-corrected chi connectivity index (χ4v) is 3.75. The lowest BCUT2D eigenvalue weighted by molar-refractivity contribution is -0.115. The van der Waals surface area contributed by atoms with E-state index in [0.29, 0.717) is 22.7 Å². The molecule has 7 nitrogen and oxygen atoms in total. The first-order valence-corrected chi connectivity index (χ1v) is 12.0. The van der Waals surface area contributed by atoms with E-state index in [1.807, 2.05) is 36.4 Å². The zero-order valence-electron chi connectivity index (χ0n) is 21.2. The van der Waals surface area contributed by atoms with E-state index in [0.717, 1.165) is 24.2 Å². The molecule has 4 rings (SSSR count). The molecular formula is C29H33N5O2. The third-order valence-corrected chi connectivity index (χ3v) is 5.68. The molecule has 186 valence electrons. The summed E-state index contributed by atoms with van der Waals surface area (Å²) in [4.78, 5) is 24.1. The van der Waals surface area contributed by atoms with Crippen LogP contribution < -0.4 is 21.4 Å². The molecule has 0 unspecified atom stereocenters. The quantitative estimate of drug-likeness (QED) is 0.307. The molecule has 0 saturated carbocycles. The van der Waals surface area contributed by atoms with Crippen LogP contribution in [0, 0.1) is 0 Å². The Labute approximate surface area is 212 Å². The van der Waals surface area contributed by atoms with Crippen molar-refractivity contribution >= 4 is 40.3 Å². The summed E-state index contributed by atoms with van der Waals surface area (Å²) in [6.45, 7) is 7.43. The summed E-state index contributed by atoms with van der Waals surface area (Å²) in [7, 11) is 0. The van der Waals surface area contributed by atoms with Crippen molar-refractivity contribution in [1.29, 1.82) is 0 Å². The SMILES string of the molecule is CCc1ccccc1N.CCc1ccccc1N/C=C1/C(=O)N(c2cccc(NC(C)=O)c2)N=C1C. The van der Waals surface area contributed by atoms with E-state index in [1.54, 1.807) is 37.4 Å². The van der Waals surface area contributed by atoms with Gasteiger partial charge in [0.25, 0.3) is 5.91 Å². The lowest BCUT2D eigenvalue weighted by Gasteiger charge is -2.13. The molecule has 7 heteroatoms. The summed E-state index contributed by atoms with van der Waals surface area (Å²) in [5, 5.41) is 11.7. The number of rotatable bonds is 6. The second-order valence-electron chi connectivity index (χ2n) is 8.30. The molecule has 0 bridgehead atoms. The zero-order chi connectivity index (χ0) is 26.1. The van der Waals surface area contributed by atoms with Gasteiger partial charge in [0.2, 0.25) is 5.91 Å². The van der Waals surface area contributed by atoms with Crippen molar-refractivity contribution in [2.24, 2.45) is 5.10 Å². The van der Waals surface area contributed by atoms with E-state index in [2.05, 4.69) is 41.7 Å². The van der Waals surface area contributed by atoms with Crippen LogP contribution in [0.15, 0.2) is 89.7 Å². The molecule has 0 spiro atoms. The van der Waals surface area contributed by atoms with Gasteiger partial charge in [-0.1, -0.05) is 56.3 Å². The Morgan fingerprint density at radius 2 is 1.64 bits per heavy atom. The highest BCUT2D eigenvalue weighted by Crippen LogP contribution is 2.26. The third kappa shape index (κ3) is 6.60. The van der Waals surface area contributed by atoms with Gasteiger partial charge in [0.15, 0.2) is 0 Å². The lowest BCUT2D eigenvalue weighted by atomic mass is 10.1. The van der Waals surface area contributed by atoms with Crippen LogP contribution in [-0.2, 0) is 22.4 Å². The number of nitrogens with one attached hydrogen (secondary N) is 2. The Bertz CT molecular complexity index is 1300. The monoisotopic (exact) mass is 483 g/mol. The maximum atomic E-state index is 12.8. The molecule has 0 aliphatic carbocycles. The van der Waals surface area contributed by atoms with Crippen molar-refractivity contribution in [2.75, 3.05) is 21.4 Å². The number of carbonyl (C=O) groups is 2. The Hall–Kier alpha value is -4.39. The second kappa shape index (κ2) is 12.4. The highest BCUT2D eigenvalue weighted by atomic mass is 16.2. The minimum absolute atomic E-state index is 0.168. The van der Waals surface area contributed by atoms with Crippen LogP contribution in [0.2, 0.25) is 0 Å². The van der Waals surface area contributed by atoms with Gasteiger partial charge in [0.1, 0.15) is 0 Å². The van der Waals surface area contributed by atoms with E-state index in [9.17, 15) is 9.59 Å². The number of carbonyl (C=O) groups excluding carboxylic acids is 2. The molecule has 3 aromatic rings. The summed E-state index contributed by atoms with van der Waals surface area (Å²) in [5.41, 5.74) is 12.3. The van der Waals surface area contributed by atoms with Crippen molar-refractivity contribution in [2.45, 2.75) is 40.5 Å². The van der Waals surface area contributed by atoms with Crippen molar-refractivity contribution in [3.8, 4) is 0 Å². The Balaban J connectivity index is 0.000000338. The van der Waals surface area contributed by atoms with Crippen LogP contribution in [0.25, 0.3) is 0 Å².